The van der Waals surface area contributed by atoms with Gasteiger partial charge in [0.05, 0.1) is 24.9 Å². The molecule has 26 heavy (non-hydrogen) atoms. The number of aromatic amines is 1. The highest BCUT2D eigenvalue weighted by Crippen LogP contribution is 2.28. The van der Waals surface area contributed by atoms with Crippen molar-refractivity contribution in [1.82, 2.24) is 25.0 Å². The van der Waals surface area contributed by atoms with Gasteiger partial charge in [0, 0.05) is 37.6 Å². The summed E-state index contributed by atoms with van der Waals surface area (Å²) in [5.41, 5.74) is 1.50. The average Bonchev–Trinajstić information content (AvgIpc) is 3.05. The molecule has 2 aromatic heterocycles. The van der Waals surface area contributed by atoms with Gasteiger partial charge < -0.3 is 15.0 Å². The molecule has 0 saturated carbocycles. The number of morpholine rings is 1. The maximum atomic E-state index is 12.4. The number of hydrogen-bond acceptors (Lipinski definition) is 5. The van der Waals surface area contributed by atoms with Crippen LogP contribution in [0.1, 0.15) is 34.6 Å². The monoisotopic (exact) mass is 359 g/mol. The Morgan fingerprint density at radius 2 is 2.27 bits per heavy atom. The van der Waals surface area contributed by atoms with E-state index in [2.05, 4.69) is 27.2 Å². The van der Waals surface area contributed by atoms with E-state index in [0.29, 0.717) is 13.2 Å². The topological polar surface area (TPSA) is 92.2 Å². The molecule has 0 aliphatic carbocycles. The highest BCUT2D eigenvalue weighted by molar-refractivity contribution is 5.93. The number of carbonyl (C=O) groups is 1. The number of H-pyrrole nitrogens is 1. The van der Waals surface area contributed by atoms with Gasteiger partial charge >= 0.3 is 0 Å². The molecule has 1 amide bonds. The molecule has 0 unspecified atom stereocenters. The Balaban J connectivity index is 1.74. The summed E-state index contributed by atoms with van der Waals surface area (Å²) in [6.07, 6.45) is 3.60. The van der Waals surface area contributed by atoms with Crippen LogP contribution in [-0.4, -0.2) is 57.9 Å². The smallest absolute Gasteiger partial charge is 0.260 e. The first-order valence-electron chi connectivity index (χ1n) is 8.82. The van der Waals surface area contributed by atoms with E-state index in [1.807, 2.05) is 19.4 Å². The lowest BCUT2D eigenvalue weighted by atomic mass is 10.0. The van der Waals surface area contributed by atoms with Gasteiger partial charge in [-0.3, -0.25) is 19.2 Å². The van der Waals surface area contributed by atoms with Crippen molar-refractivity contribution in [2.75, 3.05) is 26.2 Å². The highest BCUT2D eigenvalue weighted by Gasteiger charge is 2.34. The Morgan fingerprint density at radius 1 is 1.46 bits per heavy atom. The molecule has 3 heterocycles. The van der Waals surface area contributed by atoms with Gasteiger partial charge in [-0.25, -0.2) is 0 Å². The zero-order valence-corrected chi connectivity index (χ0v) is 15.4. The van der Waals surface area contributed by atoms with E-state index in [9.17, 15) is 9.59 Å². The number of rotatable bonds is 5. The van der Waals surface area contributed by atoms with Crippen LogP contribution in [0.5, 0.6) is 0 Å². The van der Waals surface area contributed by atoms with E-state index >= 15 is 0 Å². The molecule has 0 spiro atoms. The van der Waals surface area contributed by atoms with Gasteiger partial charge in [0.25, 0.3) is 11.5 Å². The number of carbonyl (C=O) groups excluding carboxylic acids is 1. The van der Waals surface area contributed by atoms with Gasteiger partial charge in [0.1, 0.15) is 5.56 Å². The molecule has 2 N–H and O–H groups in total. The molecule has 1 aliphatic heterocycles. The standard InChI is InChI=1S/C18H25N5O3/c1-4-23-7-8-26-15(16(23)13-9-20-22(3)11-13)10-19-17(24)14-6-5-12(2)21-18(14)25/h5-6,9,11,15-16H,4,7-8,10H2,1-3H3,(H,19,24)(H,21,25)/t15-,16-/m0/s1. The number of ether oxygens (including phenoxy) is 1. The molecule has 0 radical (unpaired) electrons. The Hall–Kier alpha value is -2.45. The lowest BCUT2D eigenvalue weighted by molar-refractivity contribution is -0.0685. The number of likely N-dealkylation sites (N-methyl/N-ethyl adjacent to an activating group) is 1. The van der Waals surface area contributed by atoms with Gasteiger partial charge in [-0.1, -0.05) is 6.92 Å². The Kier molecular flexibility index (Phi) is 5.53. The second-order valence-corrected chi connectivity index (χ2v) is 6.52. The summed E-state index contributed by atoms with van der Waals surface area (Å²) in [5, 5.41) is 7.10. The second kappa shape index (κ2) is 7.84. The fourth-order valence-corrected chi connectivity index (χ4v) is 3.37. The molecule has 2 atom stereocenters. The molecule has 8 heteroatoms. The predicted molar refractivity (Wildman–Crippen MR) is 97.1 cm³/mol. The number of aromatic nitrogens is 3. The van der Waals surface area contributed by atoms with Crippen molar-refractivity contribution in [3.05, 3.63) is 51.7 Å². The first-order valence-corrected chi connectivity index (χ1v) is 8.82. The molecular formula is C18H25N5O3. The number of pyridine rings is 1. The summed E-state index contributed by atoms with van der Waals surface area (Å²) >= 11 is 0. The van der Waals surface area contributed by atoms with Crippen molar-refractivity contribution in [1.29, 1.82) is 0 Å². The molecule has 2 aromatic rings. The summed E-state index contributed by atoms with van der Waals surface area (Å²) in [7, 11) is 1.88. The van der Waals surface area contributed by atoms with Gasteiger partial charge in [-0.2, -0.15) is 5.10 Å². The zero-order chi connectivity index (χ0) is 18.7. The fraction of sp³-hybridized carbons (Fsp3) is 0.500. The summed E-state index contributed by atoms with van der Waals surface area (Å²) < 4.78 is 7.71. The quantitative estimate of drug-likeness (QED) is 0.816. The minimum absolute atomic E-state index is 0.0130. The van der Waals surface area contributed by atoms with Crippen molar-refractivity contribution in [3.63, 3.8) is 0 Å². The molecule has 8 nitrogen and oxygen atoms in total. The molecule has 1 aliphatic rings. The summed E-state index contributed by atoms with van der Waals surface area (Å²) in [6, 6.07) is 3.27. The van der Waals surface area contributed by atoms with E-state index in [0.717, 1.165) is 24.3 Å². The SMILES string of the molecule is CCN1CCO[C@@H](CNC(=O)c2ccc(C)[nH]c2=O)[C@@H]1c1cnn(C)c1. The van der Waals surface area contributed by atoms with Crippen LogP contribution >= 0.6 is 0 Å². The van der Waals surface area contributed by atoms with Crippen LogP contribution < -0.4 is 10.9 Å². The summed E-state index contributed by atoms with van der Waals surface area (Å²) in [5.74, 6) is -0.395. The maximum Gasteiger partial charge on any atom is 0.260 e. The van der Waals surface area contributed by atoms with Crippen molar-refractivity contribution in [2.45, 2.75) is 26.0 Å². The lowest BCUT2D eigenvalue weighted by Crippen LogP contribution is -2.49. The number of amides is 1. The maximum absolute atomic E-state index is 12.4. The van der Waals surface area contributed by atoms with E-state index in [4.69, 9.17) is 4.74 Å². The van der Waals surface area contributed by atoms with Crippen molar-refractivity contribution < 1.29 is 9.53 Å². The van der Waals surface area contributed by atoms with Crippen LogP contribution in [0.25, 0.3) is 0 Å². The number of nitrogens with one attached hydrogen (secondary N) is 2. The van der Waals surface area contributed by atoms with Gasteiger partial charge in [0.2, 0.25) is 0 Å². The van der Waals surface area contributed by atoms with Crippen molar-refractivity contribution in [3.8, 4) is 0 Å². The van der Waals surface area contributed by atoms with E-state index in [-0.39, 0.29) is 23.3 Å². The van der Waals surface area contributed by atoms with E-state index in [1.54, 1.807) is 23.7 Å². The normalized spacial score (nSPS) is 20.9. The molecule has 1 saturated heterocycles. The minimum atomic E-state index is -0.395. The van der Waals surface area contributed by atoms with E-state index < -0.39 is 5.91 Å². The predicted octanol–water partition coefficient (Wildman–Crippen LogP) is 0.609. The molecule has 1 fully saturated rings. The first-order chi connectivity index (χ1) is 12.5. The molecule has 0 bridgehead atoms. The van der Waals surface area contributed by atoms with Crippen molar-refractivity contribution >= 4 is 5.91 Å². The van der Waals surface area contributed by atoms with Crippen LogP contribution in [-0.2, 0) is 11.8 Å². The van der Waals surface area contributed by atoms with Crippen LogP contribution in [0, 0.1) is 6.92 Å². The van der Waals surface area contributed by atoms with Crippen LogP contribution in [0.3, 0.4) is 0 Å². The number of nitrogens with zero attached hydrogens (tertiary/aromatic N) is 3. The largest absolute Gasteiger partial charge is 0.373 e. The number of hydrogen-bond donors (Lipinski definition) is 2. The average molecular weight is 359 g/mol. The first kappa shape index (κ1) is 18.3. The molecular weight excluding hydrogens is 334 g/mol. The second-order valence-electron chi connectivity index (χ2n) is 6.52. The number of aryl methyl sites for hydroxylation is 2. The minimum Gasteiger partial charge on any atom is -0.373 e. The van der Waals surface area contributed by atoms with E-state index in [1.165, 1.54) is 0 Å². The Morgan fingerprint density at radius 3 is 2.92 bits per heavy atom. The Labute approximate surface area is 152 Å². The van der Waals surface area contributed by atoms with Crippen molar-refractivity contribution in [2.24, 2.45) is 7.05 Å². The lowest BCUT2D eigenvalue weighted by Gasteiger charge is -2.40. The van der Waals surface area contributed by atoms with Crippen LogP contribution in [0.15, 0.2) is 29.3 Å². The summed E-state index contributed by atoms with van der Waals surface area (Å²) in [4.78, 5) is 29.3. The van der Waals surface area contributed by atoms with Gasteiger partial charge in [-0.15, -0.1) is 0 Å². The van der Waals surface area contributed by atoms with Crippen LogP contribution in [0.2, 0.25) is 0 Å². The summed E-state index contributed by atoms with van der Waals surface area (Å²) in [6.45, 7) is 6.52. The molecule has 0 aromatic carbocycles. The third-order valence-corrected chi connectivity index (χ3v) is 4.69. The molecule has 3 rings (SSSR count). The molecule has 140 valence electrons. The fourth-order valence-electron chi connectivity index (χ4n) is 3.37. The highest BCUT2D eigenvalue weighted by atomic mass is 16.5. The van der Waals surface area contributed by atoms with Crippen LogP contribution in [0.4, 0.5) is 0 Å². The Bertz CT molecular complexity index is 828. The van der Waals surface area contributed by atoms with Gasteiger partial charge in [-0.05, 0) is 25.6 Å². The third-order valence-electron chi connectivity index (χ3n) is 4.69. The van der Waals surface area contributed by atoms with Gasteiger partial charge in [0.15, 0.2) is 0 Å². The zero-order valence-electron chi connectivity index (χ0n) is 15.4. The third kappa shape index (κ3) is 3.86.